The van der Waals surface area contributed by atoms with E-state index in [-0.39, 0.29) is 4.90 Å². The second-order valence-electron chi connectivity index (χ2n) is 4.39. The van der Waals surface area contributed by atoms with Gasteiger partial charge in [0.25, 0.3) is 0 Å². The molecule has 1 atom stereocenters. The van der Waals surface area contributed by atoms with Gasteiger partial charge >= 0.3 is 5.97 Å². The van der Waals surface area contributed by atoms with Crippen molar-refractivity contribution >= 4 is 26.8 Å². The predicted molar refractivity (Wildman–Crippen MR) is 73.8 cm³/mol. The summed E-state index contributed by atoms with van der Waals surface area (Å²) < 4.78 is 25.9. The number of rotatable bonds is 4. The third kappa shape index (κ3) is 2.37. The Balaban J connectivity index is 2.61. The van der Waals surface area contributed by atoms with Gasteiger partial charge in [-0.1, -0.05) is 12.1 Å². The smallest absolute Gasteiger partial charge is 0.321 e. The molecule has 0 aliphatic heterocycles. The molecule has 20 heavy (non-hydrogen) atoms. The lowest BCUT2D eigenvalue weighted by atomic mass is 10.2. The summed E-state index contributed by atoms with van der Waals surface area (Å²) in [6.07, 6.45) is 3.07. The number of carboxylic acid groups (broad SMARTS) is 1. The first-order valence-corrected chi connectivity index (χ1v) is 7.33. The summed E-state index contributed by atoms with van der Waals surface area (Å²) in [5, 5.41) is 10.2. The number of benzene rings is 1. The average molecular weight is 294 g/mol. The Kier molecular flexibility index (Phi) is 3.74. The quantitative estimate of drug-likeness (QED) is 0.919. The minimum absolute atomic E-state index is 0.0769. The van der Waals surface area contributed by atoms with Crippen LogP contribution in [0.4, 0.5) is 0 Å². The van der Waals surface area contributed by atoms with Crippen molar-refractivity contribution in [3.05, 3.63) is 36.7 Å². The molecule has 0 saturated carbocycles. The number of sulfonamides is 1. The number of hydrogen-bond donors (Lipinski definition) is 1. The Morgan fingerprint density at radius 3 is 2.70 bits per heavy atom. The lowest BCUT2D eigenvalue weighted by Gasteiger charge is -2.21. The molecule has 1 heterocycles. The van der Waals surface area contributed by atoms with Crippen LogP contribution in [-0.4, -0.2) is 41.9 Å². The van der Waals surface area contributed by atoms with Crippen LogP contribution in [0.25, 0.3) is 10.8 Å². The number of likely N-dealkylation sites (N-methyl/N-ethyl adjacent to an activating group) is 1. The Bertz CT molecular complexity index is 753. The fourth-order valence-electron chi connectivity index (χ4n) is 1.84. The van der Waals surface area contributed by atoms with Gasteiger partial charge < -0.3 is 5.11 Å². The Labute approximate surface area is 116 Å². The maximum Gasteiger partial charge on any atom is 0.321 e. The zero-order valence-electron chi connectivity index (χ0n) is 11.0. The van der Waals surface area contributed by atoms with E-state index in [2.05, 4.69) is 4.98 Å². The molecule has 1 unspecified atom stereocenters. The topological polar surface area (TPSA) is 87.6 Å². The van der Waals surface area contributed by atoms with Crippen LogP contribution < -0.4 is 0 Å². The van der Waals surface area contributed by atoms with Gasteiger partial charge in [-0.3, -0.25) is 9.78 Å². The van der Waals surface area contributed by atoms with Crippen LogP contribution in [0.15, 0.2) is 41.6 Å². The number of carboxylic acids is 1. The molecule has 0 aliphatic rings. The Morgan fingerprint density at radius 1 is 1.35 bits per heavy atom. The molecule has 1 N–H and O–H groups in total. The van der Waals surface area contributed by atoms with Crippen LogP contribution >= 0.6 is 0 Å². The molecule has 106 valence electrons. The minimum Gasteiger partial charge on any atom is -0.480 e. The van der Waals surface area contributed by atoms with Crippen LogP contribution in [0, 0.1) is 0 Å². The number of carbonyl (C=O) groups is 1. The molecule has 0 amide bonds. The standard InChI is InChI=1S/C13H14N2O4S/c1-9(13(16)17)15(2)20(18,19)12-5-3-4-10-8-14-7-6-11(10)12/h3-9H,1-2H3,(H,16,17). The van der Waals surface area contributed by atoms with E-state index in [0.29, 0.717) is 10.8 Å². The van der Waals surface area contributed by atoms with Gasteiger partial charge in [0.05, 0.1) is 4.90 Å². The van der Waals surface area contributed by atoms with E-state index in [1.165, 1.54) is 26.2 Å². The Hall–Kier alpha value is -1.99. The summed E-state index contributed by atoms with van der Waals surface area (Å²) in [6.45, 7) is 1.33. The molecule has 0 bridgehead atoms. The zero-order chi connectivity index (χ0) is 14.9. The monoisotopic (exact) mass is 294 g/mol. The van der Waals surface area contributed by atoms with Crippen LogP contribution in [0.1, 0.15) is 6.92 Å². The van der Waals surface area contributed by atoms with Crippen LogP contribution in [0.3, 0.4) is 0 Å². The van der Waals surface area contributed by atoms with Crippen molar-refractivity contribution in [2.24, 2.45) is 0 Å². The van der Waals surface area contributed by atoms with E-state index >= 15 is 0 Å². The van der Waals surface area contributed by atoms with Crippen molar-refractivity contribution in [2.75, 3.05) is 7.05 Å². The van der Waals surface area contributed by atoms with Gasteiger partial charge in [-0.15, -0.1) is 0 Å². The van der Waals surface area contributed by atoms with Gasteiger partial charge in [0.15, 0.2) is 0 Å². The number of hydrogen-bond acceptors (Lipinski definition) is 4. The summed E-state index contributed by atoms with van der Waals surface area (Å²) in [4.78, 5) is 15.0. The minimum atomic E-state index is -3.89. The van der Waals surface area contributed by atoms with Gasteiger partial charge in [-0.05, 0) is 19.1 Å². The fourth-order valence-corrected chi connectivity index (χ4v) is 3.37. The number of aromatic nitrogens is 1. The molecule has 6 nitrogen and oxygen atoms in total. The molecule has 2 rings (SSSR count). The van der Waals surface area contributed by atoms with Gasteiger partial charge in [0.1, 0.15) is 6.04 Å². The molecule has 1 aromatic carbocycles. The van der Waals surface area contributed by atoms with Gasteiger partial charge in [-0.2, -0.15) is 4.31 Å². The number of nitrogens with zero attached hydrogens (tertiary/aromatic N) is 2. The fraction of sp³-hybridized carbons (Fsp3) is 0.231. The van der Waals surface area contributed by atoms with Gasteiger partial charge in [0.2, 0.25) is 10.0 Å². The third-order valence-corrected chi connectivity index (χ3v) is 5.19. The summed E-state index contributed by atoms with van der Waals surface area (Å²) in [6, 6.07) is 5.28. The second kappa shape index (κ2) is 5.18. The van der Waals surface area contributed by atoms with Crippen molar-refractivity contribution in [3.63, 3.8) is 0 Å². The molecular weight excluding hydrogens is 280 g/mol. The Morgan fingerprint density at radius 2 is 2.05 bits per heavy atom. The van der Waals surface area contributed by atoms with Crippen molar-refractivity contribution < 1.29 is 18.3 Å². The number of fused-ring (bicyclic) bond motifs is 1. The maximum atomic E-state index is 12.5. The van der Waals surface area contributed by atoms with Gasteiger partial charge in [-0.25, -0.2) is 8.42 Å². The number of aliphatic carboxylic acids is 1. The molecule has 0 saturated heterocycles. The van der Waals surface area contributed by atoms with Crippen LogP contribution in [0.5, 0.6) is 0 Å². The van der Waals surface area contributed by atoms with E-state index in [1.54, 1.807) is 24.4 Å². The maximum absolute atomic E-state index is 12.5. The van der Waals surface area contributed by atoms with E-state index in [1.807, 2.05) is 0 Å². The lowest BCUT2D eigenvalue weighted by Crippen LogP contribution is -2.40. The number of pyridine rings is 1. The average Bonchev–Trinajstić information content (AvgIpc) is 2.44. The first kappa shape index (κ1) is 14.4. The predicted octanol–water partition coefficient (Wildman–Crippen LogP) is 1.33. The SMILES string of the molecule is CC(C(=O)O)N(C)S(=O)(=O)c1cccc2cnccc12. The first-order chi connectivity index (χ1) is 9.35. The van der Waals surface area contributed by atoms with Gasteiger partial charge in [0, 0.05) is 30.2 Å². The first-order valence-electron chi connectivity index (χ1n) is 5.89. The van der Waals surface area contributed by atoms with E-state index in [4.69, 9.17) is 5.11 Å². The molecule has 0 radical (unpaired) electrons. The third-order valence-electron chi connectivity index (χ3n) is 3.20. The summed E-state index contributed by atoms with van der Waals surface area (Å²) in [7, 11) is -2.63. The molecule has 2 aromatic rings. The highest BCUT2D eigenvalue weighted by Gasteiger charge is 2.30. The summed E-state index contributed by atoms with van der Waals surface area (Å²) in [5.41, 5.74) is 0. The summed E-state index contributed by atoms with van der Waals surface area (Å²) in [5.74, 6) is -1.20. The van der Waals surface area contributed by atoms with Crippen molar-refractivity contribution in [3.8, 4) is 0 Å². The lowest BCUT2D eigenvalue weighted by molar-refractivity contribution is -0.140. The largest absolute Gasteiger partial charge is 0.480 e. The molecule has 0 spiro atoms. The molecule has 0 aliphatic carbocycles. The summed E-state index contributed by atoms with van der Waals surface area (Å²) >= 11 is 0. The zero-order valence-corrected chi connectivity index (χ0v) is 11.8. The highest BCUT2D eigenvalue weighted by Crippen LogP contribution is 2.25. The van der Waals surface area contributed by atoms with E-state index in [9.17, 15) is 13.2 Å². The van der Waals surface area contributed by atoms with E-state index in [0.717, 1.165) is 4.31 Å². The van der Waals surface area contributed by atoms with Crippen molar-refractivity contribution in [1.29, 1.82) is 0 Å². The van der Waals surface area contributed by atoms with Crippen LogP contribution in [-0.2, 0) is 14.8 Å². The normalized spacial score (nSPS) is 13.6. The second-order valence-corrected chi connectivity index (χ2v) is 6.35. The molecule has 1 aromatic heterocycles. The van der Waals surface area contributed by atoms with Crippen molar-refractivity contribution in [2.45, 2.75) is 17.9 Å². The van der Waals surface area contributed by atoms with Crippen molar-refractivity contribution in [1.82, 2.24) is 9.29 Å². The molecule has 7 heteroatoms. The van der Waals surface area contributed by atoms with E-state index < -0.39 is 22.0 Å². The molecular formula is C13H14N2O4S. The highest BCUT2D eigenvalue weighted by molar-refractivity contribution is 7.89. The molecule has 0 fully saturated rings. The highest BCUT2D eigenvalue weighted by atomic mass is 32.2. The van der Waals surface area contributed by atoms with Crippen LogP contribution in [0.2, 0.25) is 0 Å².